The number of nitrogen functional groups attached to an aromatic ring is 1. The normalized spacial score (nSPS) is 19.1. The zero-order chi connectivity index (χ0) is 11.8. The Morgan fingerprint density at radius 1 is 1.25 bits per heavy atom. The zero-order valence-electron chi connectivity index (χ0n) is 10.3. The molecule has 1 fully saturated rings. The average molecular weight is 223 g/mol. The van der Waals surface area contributed by atoms with E-state index in [1.165, 1.54) is 0 Å². The fraction of sp³-hybridized carbons (Fsp3) is 0.727. The summed E-state index contributed by atoms with van der Waals surface area (Å²) in [7, 11) is 0. The van der Waals surface area contributed by atoms with Gasteiger partial charge in [-0.05, 0) is 20.8 Å². The van der Waals surface area contributed by atoms with Crippen molar-refractivity contribution in [3.05, 3.63) is 6.20 Å². The van der Waals surface area contributed by atoms with Crippen LogP contribution in [0, 0.1) is 0 Å². The fourth-order valence-electron chi connectivity index (χ4n) is 2.16. The van der Waals surface area contributed by atoms with Crippen molar-refractivity contribution in [3.63, 3.8) is 0 Å². The summed E-state index contributed by atoms with van der Waals surface area (Å²) >= 11 is 0. The summed E-state index contributed by atoms with van der Waals surface area (Å²) in [5.74, 6) is 0.671. The van der Waals surface area contributed by atoms with Gasteiger partial charge in [0.25, 0.3) is 0 Å². The Hall–Kier alpha value is -1.23. The van der Waals surface area contributed by atoms with Crippen molar-refractivity contribution in [2.75, 3.05) is 36.8 Å². The largest absolute Gasteiger partial charge is 0.382 e. The van der Waals surface area contributed by atoms with Crippen LogP contribution in [0.5, 0.6) is 0 Å². The molecule has 5 heteroatoms. The second-order valence-corrected chi connectivity index (χ2v) is 5.31. The molecule has 5 nitrogen and oxygen atoms in total. The van der Waals surface area contributed by atoms with Gasteiger partial charge in [-0.3, -0.25) is 10.00 Å². The number of H-pyrrole nitrogens is 1. The predicted octanol–water partition coefficient (Wildman–Crippen LogP) is 0.912. The highest BCUT2D eigenvalue weighted by molar-refractivity contribution is 5.62. The molecule has 0 aromatic carbocycles. The molecule has 0 radical (unpaired) electrons. The highest BCUT2D eigenvalue weighted by Crippen LogP contribution is 2.23. The van der Waals surface area contributed by atoms with Crippen LogP contribution in [-0.2, 0) is 0 Å². The van der Waals surface area contributed by atoms with Crippen LogP contribution in [0.1, 0.15) is 20.8 Å². The number of aromatic amines is 1. The van der Waals surface area contributed by atoms with Crippen molar-refractivity contribution >= 4 is 11.5 Å². The standard InChI is InChI=1S/C11H21N5/c1-11(2,3)16-6-4-15(5-7-16)9-8-13-14-10(9)12/h8H,4-7H2,1-3H3,(H3,12,13,14). The molecular formula is C11H21N5. The van der Waals surface area contributed by atoms with E-state index in [1.54, 1.807) is 0 Å². The molecular weight excluding hydrogens is 202 g/mol. The molecule has 16 heavy (non-hydrogen) atoms. The fourth-order valence-corrected chi connectivity index (χ4v) is 2.16. The number of nitrogens with two attached hydrogens (primary N) is 1. The van der Waals surface area contributed by atoms with Crippen molar-refractivity contribution in [3.8, 4) is 0 Å². The van der Waals surface area contributed by atoms with Gasteiger partial charge in [-0.1, -0.05) is 0 Å². The Morgan fingerprint density at radius 2 is 1.88 bits per heavy atom. The number of nitrogens with zero attached hydrogens (tertiary/aromatic N) is 3. The topological polar surface area (TPSA) is 61.2 Å². The van der Waals surface area contributed by atoms with Crippen molar-refractivity contribution in [2.45, 2.75) is 26.3 Å². The van der Waals surface area contributed by atoms with Crippen LogP contribution in [0.2, 0.25) is 0 Å². The van der Waals surface area contributed by atoms with Gasteiger partial charge in [-0.2, -0.15) is 5.10 Å². The van der Waals surface area contributed by atoms with E-state index in [4.69, 9.17) is 5.73 Å². The van der Waals surface area contributed by atoms with E-state index >= 15 is 0 Å². The molecule has 0 aliphatic carbocycles. The molecule has 1 aromatic rings. The number of hydrogen-bond acceptors (Lipinski definition) is 4. The van der Waals surface area contributed by atoms with Crippen molar-refractivity contribution < 1.29 is 0 Å². The molecule has 90 valence electrons. The lowest BCUT2D eigenvalue weighted by Crippen LogP contribution is -2.53. The molecule has 0 saturated carbocycles. The van der Waals surface area contributed by atoms with Crippen LogP contribution in [0.3, 0.4) is 0 Å². The third kappa shape index (κ3) is 2.14. The Bertz CT molecular complexity index is 344. The van der Waals surface area contributed by atoms with Crippen LogP contribution >= 0.6 is 0 Å². The minimum atomic E-state index is 0.258. The van der Waals surface area contributed by atoms with E-state index in [1.807, 2.05) is 6.20 Å². The van der Waals surface area contributed by atoms with E-state index in [2.05, 4.69) is 40.8 Å². The summed E-state index contributed by atoms with van der Waals surface area (Å²) in [5, 5.41) is 6.74. The molecule has 1 aliphatic rings. The first-order chi connectivity index (χ1) is 7.48. The molecule has 0 spiro atoms. The lowest BCUT2D eigenvalue weighted by molar-refractivity contribution is 0.128. The van der Waals surface area contributed by atoms with E-state index in [-0.39, 0.29) is 5.54 Å². The van der Waals surface area contributed by atoms with Crippen LogP contribution in [0.4, 0.5) is 11.5 Å². The number of hydrogen-bond donors (Lipinski definition) is 2. The average Bonchev–Trinajstić information content (AvgIpc) is 2.63. The van der Waals surface area contributed by atoms with Crippen LogP contribution in [0.25, 0.3) is 0 Å². The third-order valence-electron chi connectivity index (χ3n) is 3.22. The molecule has 0 amide bonds. The molecule has 1 aliphatic heterocycles. The lowest BCUT2D eigenvalue weighted by Gasteiger charge is -2.42. The molecule has 0 unspecified atom stereocenters. The van der Waals surface area contributed by atoms with Crippen LogP contribution in [-0.4, -0.2) is 46.8 Å². The molecule has 0 bridgehead atoms. The van der Waals surface area contributed by atoms with Crippen LogP contribution in [0.15, 0.2) is 6.20 Å². The van der Waals surface area contributed by atoms with Crippen molar-refractivity contribution in [2.24, 2.45) is 0 Å². The maximum absolute atomic E-state index is 5.82. The summed E-state index contributed by atoms with van der Waals surface area (Å²) < 4.78 is 0. The maximum Gasteiger partial charge on any atom is 0.142 e. The second kappa shape index (κ2) is 3.97. The van der Waals surface area contributed by atoms with Crippen molar-refractivity contribution in [1.29, 1.82) is 0 Å². The first-order valence-corrected chi connectivity index (χ1v) is 5.77. The Balaban J connectivity index is 1.98. The smallest absolute Gasteiger partial charge is 0.142 e. The van der Waals surface area contributed by atoms with E-state index in [9.17, 15) is 0 Å². The second-order valence-electron chi connectivity index (χ2n) is 5.31. The quantitative estimate of drug-likeness (QED) is 0.743. The van der Waals surface area contributed by atoms with Gasteiger partial charge in [0.2, 0.25) is 0 Å². The Labute approximate surface area is 96.6 Å². The molecule has 1 saturated heterocycles. The Kier molecular flexibility index (Phi) is 2.80. The predicted molar refractivity (Wildman–Crippen MR) is 66.5 cm³/mol. The molecule has 2 heterocycles. The van der Waals surface area contributed by atoms with Gasteiger partial charge in [0, 0.05) is 31.7 Å². The minimum Gasteiger partial charge on any atom is -0.382 e. The van der Waals surface area contributed by atoms with Gasteiger partial charge in [0.05, 0.1) is 11.9 Å². The summed E-state index contributed by atoms with van der Waals surface area (Å²) in [6.07, 6.45) is 1.81. The zero-order valence-corrected chi connectivity index (χ0v) is 10.3. The van der Waals surface area contributed by atoms with Gasteiger partial charge in [-0.15, -0.1) is 0 Å². The minimum absolute atomic E-state index is 0.258. The van der Waals surface area contributed by atoms with Crippen LogP contribution < -0.4 is 10.6 Å². The monoisotopic (exact) mass is 223 g/mol. The molecule has 2 rings (SSSR count). The summed E-state index contributed by atoms with van der Waals surface area (Å²) in [6.45, 7) is 11.0. The highest BCUT2D eigenvalue weighted by Gasteiger charge is 2.26. The Morgan fingerprint density at radius 3 is 2.31 bits per heavy atom. The number of anilines is 2. The number of rotatable bonds is 1. The van der Waals surface area contributed by atoms with E-state index < -0.39 is 0 Å². The summed E-state index contributed by atoms with van der Waals surface area (Å²) in [4.78, 5) is 4.79. The summed E-state index contributed by atoms with van der Waals surface area (Å²) in [6, 6.07) is 0. The number of piperazine rings is 1. The van der Waals surface area contributed by atoms with E-state index in [0.717, 1.165) is 31.9 Å². The number of nitrogens with one attached hydrogen (secondary N) is 1. The third-order valence-corrected chi connectivity index (χ3v) is 3.22. The SMILES string of the molecule is CC(C)(C)N1CCN(c2cn[nH]c2N)CC1. The summed E-state index contributed by atoms with van der Waals surface area (Å²) in [5.41, 5.74) is 7.11. The molecule has 0 atom stereocenters. The molecule has 1 aromatic heterocycles. The molecule has 3 N–H and O–H groups in total. The van der Waals surface area contributed by atoms with Gasteiger partial charge in [0.1, 0.15) is 5.82 Å². The van der Waals surface area contributed by atoms with Gasteiger partial charge >= 0.3 is 0 Å². The first kappa shape index (κ1) is 11.3. The van der Waals surface area contributed by atoms with Gasteiger partial charge in [0.15, 0.2) is 0 Å². The van der Waals surface area contributed by atoms with Gasteiger partial charge < -0.3 is 10.6 Å². The number of aromatic nitrogens is 2. The lowest BCUT2D eigenvalue weighted by atomic mass is 10.0. The highest BCUT2D eigenvalue weighted by atomic mass is 15.3. The van der Waals surface area contributed by atoms with Gasteiger partial charge in [-0.25, -0.2) is 0 Å². The van der Waals surface area contributed by atoms with Crippen molar-refractivity contribution in [1.82, 2.24) is 15.1 Å². The first-order valence-electron chi connectivity index (χ1n) is 5.77. The maximum atomic E-state index is 5.82. The van der Waals surface area contributed by atoms with E-state index in [0.29, 0.717) is 5.82 Å².